The van der Waals surface area contributed by atoms with Crippen LogP contribution in [0.2, 0.25) is 0 Å². The van der Waals surface area contributed by atoms with Crippen LogP contribution in [0.3, 0.4) is 0 Å². The first-order valence-electron chi connectivity index (χ1n) is 10.7. The molecule has 2 radical (unpaired) electrons. The lowest BCUT2D eigenvalue weighted by Crippen LogP contribution is -2.26. The maximum atomic E-state index is 6.24. The zero-order valence-corrected chi connectivity index (χ0v) is 16.7. The molecule has 2 aromatic carbocycles. The maximum absolute atomic E-state index is 6.24. The molecule has 0 amide bonds. The highest BCUT2D eigenvalue weighted by Gasteiger charge is 2.41. The van der Waals surface area contributed by atoms with Crippen molar-refractivity contribution in [1.82, 2.24) is 0 Å². The van der Waals surface area contributed by atoms with E-state index < -0.39 is 0 Å². The summed E-state index contributed by atoms with van der Waals surface area (Å²) < 4.78 is 0. The minimum absolute atomic E-state index is 0.169. The minimum atomic E-state index is 0.169. The summed E-state index contributed by atoms with van der Waals surface area (Å²) in [6.45, 7) is 4.59. The van der Waals surface area contributed by atoms with Crippen LogP contribution in [-0.4, -0.2) is 7.85 Å². The highest BCUT2D eigenvalue weighted by Crippen LogP contribution is 2.53. The molecule has 0 aliphatic heterocycles. The van der Waals surface area contributed by atoms with E-state index in [1.165, 1.54) is 80.9 Å². The van der Waals surface area contributed by atoms with E-state index >= 15 is 0 Å². The van der Waals surface area contributed by atoms with Crippen LogP contribution < -0.4 is 5.46 Å². The van der Waals surface area contributed by atoms with Crippen LogP contribution in [0.5, 0.6) is 0 Å². The normalized spacial score (nSPS) is 14.2. The first kappa shape index (κ1) is 19.3. The lowest BCUT2D eigenvalue weighted by Gasteiger charge is -2.33. The van der Waals surface area contributed by atoms with Gasteiger partial charge in [-0.1, -0.05) is 113 Å². The van der Waals surface area contributed by atoms with Crippen molar-refractivity contribution in [3.8, 4) is 11.1 Å². The lowest BCUT2D eigenvalue weighted by atomic mass is 9.70. The topological polar surface area (TPSA) is 0 Å². The van der Waals surface area contributed by atoms with Gasteiger partial charge in [0.1, 0.15) is 7.85 Å². The van der Waals surface area contributed by atoms with Gasteiger partial charge in [0.15, 0.2) is 0 Å². The summed E-state index contributed by atoms with van der Waals surface area (Å²) in [4.78, 5) is 0. The van der Waals surface area contributed by atoms with E-state index in [2.05, 4.69) is 56.3 Å². The summed E-state index contributed by atoms with van der Waals surface area (Å²) in [5.41, 5.74) is 6.97. The number of hydrogen-bond donors (Lipinski definition) is 0. The Morgan fingerprint density at radius 3 is 1.96 bits per heavy atom. The summed E-state index contributed by atoms with van der Waals surface area (Å²) in [6, 6.07) is 15.7. The Morgan fingerprint density at radius 2 is 1.31 bits per heavy atom. The molecule has 0 saturated carbocycles. The zero-order valence-electron chi connectivity index (χ0n) is 16.7. The van der Waals surface area contributed by atoms with Gasteiger partial charge in [-0.2, -0.15) is 0 Å². The quantitative estimate of drug-likeness (QED) is 0.333. The van der Waals surface area contributed by atoms with E-state index in [4.69, 9.17) is 7.85 Å². The summed E-state index contributed by atoms with van der Waals surface area (Å²) >= 11 is 0. The molecule has 0 aromatic heterocycles. The molecule has 0 atom stereocenters. The van der Waals surface area contributed by atoms with Crippen molar-refractivity contribution in [2.24, 2.45) is 0 Å². The summed E-state index contributed by atoms with van der Waals surface area (Å²) in [6.07, 6.45) is 13.1. The van der Waals surface area contributed by atoms with Crippen molar-refractivity contribution in [1.29, 1.82) is 0 Å². The Balaban J connectivity index is 1.98. The van der Waals surface area contributed by atoms with Crippen molar-refractivity contribution < 1.29 is 0 Å². The van der Waals surface area contributed by atoms with Crippen LogP contribution in [0.1, 0.15) is 89.2 Å². The van der Waals surface area contributed by atoms with Gasteiger partial charge in [-0.15, -0.1) is 0 Å². The Labute approximate surface area is 161 Å². The Bertz CT molecular complexity index is 704. The van der Waals surface area contributed by atoms with Crippen molar-refractivity contribution in [2.45, 2.75) is 83.5 Å². The molecule has 1 aliphatic carbocycles. The fraction of sp³-hybridized carbons (Fsp3) is 0.520. The second kappa shape index (κ2) is 8.93. The van der Waals surface area contributed by atoms with Gasteiger partial charge in [0.05, 0.1) is 0 Å². The molecule has 26 heavy (non-hydrogen) atoms. The maximum Gasteiger partial charge on any atom is 0.113 e. The molecule has 0 spiro atoms. The average Bonchev–Trinajstić information content (AvgIpc) is 2.92. The molecule has 0 fully saturated rings. The van der Waals surface area contributed by atoms with Gasteiger partial charge in [-0.25, -0.2) is 0 Å². The SMILES string of the molecule is [B]c1ccc2c(c1)C(CCCCCC)(CCCCCC)c1ccccc1-2. The number of fused-ring (bicyclic) bond motifs is 3. The van der Waals surface area contributed by atoms with E-state index in [0.717, 1.165) is 5.46 Å². The van der Waals surface area contributed by atoms with Crippen LogP contribution in [0.4, 0.5) is 0 Å². The second-order valence-corrected chi connectivity index (χ2v) is 8.05. The van der Waals surface area contributed by atoms with Gasteiger partial charge in [-0.3, -0.25) is 0 Å². The molecule has 0 N–H and O–H groups in total. The summed E-state index contributed by atoms with van der Waals surface area (Å²) in [5, 5.41) is 0. The van der Waals surface area contributed by atoms with Crippen LogP contribution >= 0.6 is 0 Å². The first-order valence-corrected chi connectivity index (χ1v) is 10.7. The summed E-state index contributed by atoms with van der Waals surface area (Å²) in [7, 11) is 6.24. The molecule has 2 aromatic rings. The van der Waals surface area contributed by atoms with Gasteiger partial charge >= 0.3 is 0 Å². The molecular weight excluding hydrogens is 311 g/mol. The molecule has 1 aliphatic rings. The van der Waals surface area contributed by atoms with Gasteiger partial charge < -0.3 is 0 Å². The number of benzene rings is 2. The van der Waals surface area contributed by atoms with E-state index in [9.17, 15) is 0 Å². The average molecular weight is 344 g/mol. The predicted molar refractivity (Wildman–Crippen MR) is 116 cm³/mol. The monoisotopic (exact) mass is 344 g/mol. The molecule has 1 heteroatoms. The molecule has 0 saturated heterocycles. The van der Waals surface area contributed by atoms with Crippen molar-refractivity contribution in [3.05, 3.63) is 53.6 Å². The third-order valence-corrected chi connectivity index (χ3v) is 6.21. The Kier molecular flexibility index (Phi) is 6.62. The van der Waals surface area contributed by atoms with Crippen LogP contribution in [0, 0.1) is 0 Å². The third-order valence-electron chi connectivity index (χ3n) is 6.21. The third kappa shape index (κ3) is 3.78. The molecule has 0 bridgehead atoms. The highest BCUT2D eigenvalue weighted by molar-refractivity contribution is 6.32. The van der Waals surface area contributed by atoms with Crippen LogP contribution in [0.25, 0.3) is 11.1 Å². The fourth-order valence-corrected chi connectivity index (χ4v) is 4.84. The van der Waals surface area contributed by atoms with E-state index in [1.54, 1.807) is 5.56 Å². The van der Waals surface area contributed by atoms with Gasteiger partial charge in [-0.05, 0) is 35.1 Å². The van der Waals surface area contributed by atoms with E-state index in [-0.39, 0.29) is 5.41 Å². The van der Waals surface area contributed by atoms with Gasteiger partial charge in [0.2, 0.25) is 0 Å². The van der Waals surface area contributed by atoms with Gasteiger partial charge in [0.25, 0.3) is 0 Å². The zero-order chi connectivity index (χ0) is 18.4. The fourth-order valence-electron chi connectivity index (χ4n) is 4.84. The van der Waals surface area contributed by atoms with E-state index in [1.807, 2.05) is 0 Å². The summed E-state index contributed by atoms with van der Waals surface area (Å²) in [5.74, 6) is 0. The lowest BCUT2D eigenvalue weighted by molar-refractivity contribution is 0.401. The van der Waals surface area contributed by atoms with Crippen molar-refractivity contribution in [2.75, 3.05) is 0 Å². The number of rotatable bonds is 10. The molecule has 0 heterocycles. The van der Waals surface area contributed by atoms with Gasteiger partial charge in [0, 0.05) is 5.41 Å². The second-order valence-electron chi connectivity index (χ2n) is 8.05. The highest BCUT2D eigenvalue weighted by atomic mass is 14.4. The molecule has 3 rings (SSSR count). The van der Waals surface area contributed by atoms with Crippen molar-refractivity contribution >= 4 is 13.3 Å². The molecular formula is C25H33B. The number of hydrogen-bond acceptors (Lipinski definition) is 0. The Hall–Kier alpha value is -1.50. The number of unbranched alkanes of at least 4 members (excludes halogenated alkanes) is 6. The first-order chi connectivity index (χ1) is 12.7. The minimum Gasteiger partial charge on any atom is -0.0963 e. The largest absolute Gasteiger partial charge is 0.113 e. The smallest absolute Gasteiger partial charge is 0.0963 e. The predicted octanol–water partition coefficient (Wildman–Crippen LogP) is 6.69. The molecule has 0 nitrogen and oxygen atoms in total. The Morgan fingerprint density at radius 1 is 0.692 bits per heavy atom. The van der Waals surface area contributed by atoms with E-state index in [0.29, 0.717) is 0 Å². The van der Waals surface area contributed by atoms with Crippen molar-refractivity contribution in [3.63, 3.8) is 0 Å². The molecule has 0 unspecified atom stereocenters. The standard InChI is InChI=1S/C25H33B/c1-3-5-7-11-17-25(18-12-8-6-4-2)23-14-10-9-13-21(23)22-16-15-20(26)19-24(22)25/h9-10,13-16,19H,3-8,11-12,17-18H2,1-2H3. The molecule has 136 valence electrons. The van der Waals surface area contributed by atoms with Crippen LogP contribution in [0.15, 0.2) is 42.5 Å². The van der Waals surface area contributed by atoms with Crippen LogP contribution in [-0.2, 0) is 5.41 Å².